The van der Waals surface area contributed by atoms with Gasteiger partial charge in [-0.05, 0) is 29.8 Å². The van der Waals surface area contributed by atoms with Gasteiger partial charge in [-0.25, -0.2) is 0 Å². The lowest BCUT2D eigenvalue weighted by molar-refractivity contribution is 0.215. The SMILES string of the molecule is COc1cccc(C(O)c2ccccn2)c1. The van der Waals surface area contributed by atoms with Crippen LogP contribution in [0.2, 0.25) is 0 Å². The van der Waals surface area contributed by atoms with Gasteiger partial charge in [0.2, 0.25) is 0 Å². The molecule has 0 fully saturated rings. The largest absolute Gasteiger partial charge is 0.497 e. The molecule has 0 radical (unpaired) electrons. The summed E-state index contributed by atoms with van der Waals surface area (Å²) < 4.78 is 5.11. The summed E-state index contributed by atoms with van der Waals surface area (Å²) in [6.45, 7) is 0. The van der Waals surface area contributed by atoms with E-state index in [0.29, 0.717) is 5.69 Å². The molecule has 82 valence electrons. The van der Waals surface area contributed by atoms with Crippen molar-refractivity contribution in [3.8, 4) is 5.75 Å². The Kier molecular flexibility index (Phi) is 3.17. The molecular formula is C13H13NO2. The lowest BCUT2D eigenvalue weighted by Crippen LogP contribution is -2.01. The van der Waals surface area contributed by atoms with Gasteiger partial charge in [0.05, 0.1) is 12.8 Å². The average Bonchev–Trinajstić information content (AvgIpc) is 2.39. The van der Waals surface area contributed by atoms with Crippen molar-refractivity contribution in [1.82, 2.24) is 4.98 Å². The Morgan fingerprint density at radius 2 is 2.06 bits per heavy atom. The van der Waals surface area contributed by atoms with Crippen molar-refractivity contribution in [3.05, 3.63) is 59.9 Å². The summed E-state index contributed by atoms with van der Waals surface area (Å²) in [5.74, 6) is 0.729. The zero-order valence-electron chi connectivity index (χ0n) is 9.00. The van der Waals surface area contributed by atoms with E-state index in [1.807, 2.05) is 30.3 Å². The van der Waals surface area contributed by atoms with E-state index >= 15 is 0 Å². The fraction of sp³-hybridized carbons (Fsp3) is 0.154. The van der Waals surface area contributed by atoms with E-state index in [1.54, 1.807) is 25.4 Å². The zero-order valence-corrected chi connectivity index (χ0v) is 9.00. The number of benzene rings is 1. The molecule has 0 aliphatic carbocycles. The first kappa shape index (κ1) is 10.6. The summed E-state index contributed by atoms with van der Waals surface area (Å²) in [5.41, 5.74) is 1.41. The van der Waals surface area contributed by atoms with Crippen molar-refractivity contribution in [1.29, 1.82) is 0 Å². The maximum atomic E-state index is 10.1. The third-order valence-electron chi connectivity index (χ3n) is 2.38. The van der Waals surface area contributed by atoms with E-state index in [0.717, 1.165) is 11.3 Å². The first-order valence-electron chi connectivity index (χ1n) is 5.04. The van der Waals surface area contributed by atoms with Gasteiger partial charge in [-0.15, -0.1) is 0 Å². The Morgan fingerprint density at radius 3 is 2.75 bits per heavy atom. The van der Waals surface area contributed by atoms with Crippen molar-refractivity contribution in [2.45, 2.75) is 6.10 Å². The molecule has 1 N–H and O–H groups in total. The molecule has 0 aliphatic rings. The van der Waals surface area contributed by atoms with Gasteiger partial charge in [0, 0.05) is 6.20 Å². The van der Waals surface area contributed by atoms with Gasteiger partial charge in [-0.1, -0.05) is 18.2 Å². The predicted molar refractivity (Wildman–Crippen MR) is 61.3 cm³/mol. The Hall–Kier alpha value is -1.87. The van der Waals surface area contributed by atoms with Gasteiger partial charge < -0.3 is 9.84 Å². The van der Waals surface area contributed by atoms with Crippen LogP contribution in [0.15, 0.2) is 48.7 Å². The molecule has 1 unspecified atom stereocenters. The number of aliphatic hydroxyl groups is 1. The summed E-state index contributed by atoms with van der Waals surface area (Å²) in [4.78, 5) is 4.12. The number of aromatic nitrogens is 1. The maximum Gasteiger partial charge on any atom is 0.121 e. The zero-order chi connectivity index (χ0) is 11.4. The molecule has 0 saturated heterocycles. The minimum absolute atomic E-state index is 0.635. The lowest BCUT2D eigenvalue weighted by Gasteiger charge is -2.11. The number of nitrogens with zero attached hydrogens (tertiary/aromatic N) is 1. The molecule has 0 saturated carbocycles. The fourth-order valence-electron chi connectivity index (χ4n) is 1.52. The van der Waals surface area contributed by atoms with Crippen molar-refractivity contribution >= 4 is 0 Å². The van der Waals surface area contributed by atoms with E-state index in [1.165, 1.54) is 0 Å². The minimum Gasteiger partial charge on any atom is -0.497 e. The van der Waals surface area contributed by atoms with E-state index < -0.39 is 6.10 Å². The van der Waals surface area contributed by atoms with Gasteiger partial charge in [-0.3, -0.25) is 4.98 Å². The molecule has 3 heteroatoms. The normalized spacial score (nSPS) is 12.1. The summed E-state index contributed by atoms with van der Waals surface area (Å²) in [6, 6.07) is 12.8. The van der Waals surface area contributed by atoms with Gasteiger partial charge in [-0.2, -0.15) is 0 Å². The summed E-state index contributed by atoms with van der Waals surface area (Å²) in [5, 5.41) is 10.1. The second kappa shape index (κ2) is 4.77. The van der Waals surface area contributed by atoms with Crippen molar-refractivity contribution in [3.63, 3.8) is 0 Å². The number of pyridine rings is 1. The smallest absolute Gasteiger partial charge is 0.121 e. The molecule has 1 aromatic carbocycles. The molecule has 0 amide bonds. The van der Waals surface area contributed by atoms with Crippen LogP contribution in [-0.4, -0.2) is 17.2 Å². The highest BCUT2D eigenvalue weighted by molar-refractivity contribution is 5.33. The van der Waals surface area contributed by atoms with Crippen molar-refractivity contribution < 1.29 is 9.84 Å². The Bertz CT molecular complexity index is 456. The molecule has 1 atom stereocenters. The first-order valence-corrected chi connectivity index (χ1v) is 5.04. The van der Waals surface area contributed by atoms with Crippen molar-refractivity contribution in [2.24, 2.45) is 0 Å². The number of hydrogen-bond acceptors (Lipinski definition) is 3. The molecule has 0 aliphatic heterocycles. The second-order valence-electron chi connectivity index (χ2n) is 3.43. The second-order valence-corrected chi connectivity index (χ2v) is 3.43. The summed E-state index contributed by atoms with van der Waals surface area (Å²) in [6.07, 6.45) is 0.954. The quantitative estimate of drug-likeness (QED) is 0.853. The van der Waals surface area contributed by atoms with Crippen LogP contribution >= 0.6 is 0 Å². The Labute approximate surface area is 94.3 Å². The predicted octanol–water partition coefficient (Wildman–Crippen LogP) is 2.17. The van der Waals surface area contributed by atoms with Crippen LogP contribution in [0.25, 0.3) is 0 Å². The van der Waals surface area contributed by atoms with E-state index in [2.05, 4.69) is 4.98 Å². The molecule has 0 bridgehead atoms. The highest BCUT2D eigenvalue weighted by Crippen LogP contribution is 2.23. The number of aliphatic hydroxyl groups excluding tert-OH is 1. The van der Waals surface area contributed by atoms with Crippen LogP contribution in [-0.2, 0) is 0 Å². The van der Waals surface area contributed by atoms with Crippen LogP contribution in [0.4, 0.5) is 0 Å². The summed E-state index contributed by atoms with van der Waals surface area (Å²) in [7, 11) is 1.60. The third kappa shape index (κ3) is 2.20. The highest BCUT2D eigenvalue weighted by Gasteiger charge is 2.11. The first-order chi connectivity index (χ1) is 7.81. The number of methoxy groups -OCH3 is 1. The number of rotatable bonds is 3. The van der Waals surface area contributed by atoms with Crippen LogP contribution in [0, 0.1) is 0 Å². The molecule has 16 heavy (non-hydrogen) atoms. The van der Waals surface area contributed by atoms with Crippen LogP contribution in [0.3, 0.4) is 0 Å². The Balaban J connectivity index is 2.30. The van der Waals surface area contributed by atoms with Crippen molar-refractivity contribution in [2.75, 3.05) is 7.11 Å². The monoisotopic (exact) mass is 215 g/mol. The van der Waals surface area contributed by atoms with Gasteiger partial charge in [0.1, 0.15) is 11.9 Å². The average molecular weight is 215 g/mol. The maximum absolute atomic E-state index is 10.1. The number of ether oxygens (including phenoxy) is 1. The molecular weight excluding hydrogens is 202 g/mol. The molecule has 1 heterocycles. The number of hydrogen-bond donors (Lipinski definition) is 1. The minimum atomic E-state index is -0.712. The lowest BCUT2D eigenvalue weighted by atomic mass is 10.1. The van der Waals surface area contributed by atoms with Gasteiger partial charge >= 0.3 is 0 Å². The molecule has 2 aromatic rings. The van der Waals surface area contributed by atoms with Crippen LogP contribution in [0.1, 0.15) is 17.4 Å². The Morgan fingerprint density at radius 1 is 1.19 bits per heavy atom. The van der Waals surface area contributed by atoms with Crippen LogP contribution < -0.4 is 4.74 Å². The molecule has 3 nitrogen and oxygen atoms in total. The fourth-order valence-corrected chi connectivity index (χ4v) is 1.52. The van der Waals surface area contributed by atoms with Gasteiger partial charge in [0.15, 0.2) is 0 Å². The van der Waals surface area contributed by atoms with Crippen LogP contribution in [0.5, 0.6) is 5.75 Å². The standard InChI is InChI=1S/C13H13NO2/c1-16-11-6-4-5-10(9-11)13(15)12-7-2-3-8-14-12/h2-9,13,15H,1H3. The molecule has 2 rings (SSSR count). The third-order valence-corrected chi connectivity index (χ3v) is 2.38. The summed E-state index contributed by atoms with van der Waals surface area (Å²) >= 11 is 0. The van der Waals surface area contributed by atoms with E-state index in [-0.39, 0.29) is 0 Å². The molecule has 0 spiro atoms. The van der Waals surface area contributed by atoms with E-state index in [4.69, 9.17) is 4.74 Å². The topological polar surface area (TPSA) is 42.4 Å². The molecule has 1 aromatic heterocycles. The van der Waals surface area contributed by atoms with E-state index in [9.17, 15) is 5.11 Å². The van der Waals surface area contributed by atoms with Gasteiger partial charge in [0.25, 0.3) is 0 Å². The highest BCUT2D eigenvalue weighted by atomic mass is 16.5.